The Morgan fingerprint density at radius 1 is 1.16 bits per heavy atom. The molecule has 0 bridgehead atoms. The maximum absolute atomic E-state index is 12.7. The summed E-state index contributed by atoms with van der Waals surface area (Å²) in [6, 6.07) is 3.42. The molecule has 0 spiro atoms. The van der Waals surface area contributed by atoms with Gasteiger partial charge in [-0.2, -0.15) is 0 Å². The van der Waals surface area contributed by atoms with E-state index in [2.05, 4.69) is 4.90 Å². The van der Waals surface area contributed by atoms with Crippen molar-refractivity contribution >= 4 is 5.91 Å². The lowest BCUT2D eigenvalue weighted by Crippen LogP contribution is -2.40. The van der Waals surface area contributed by atoms with Crippen molar-refractivity contribution in [2.24, 2.45) is 0 Å². The first-order chi connectivity index (χ1) is 12.1. The number of ether oxygens (including phenoxy) is 4. The molecule has 2 rings (SSSR count). The van der Waals surface area contributed by atoms with Crippen molar-refractivity contribution in [2.45, 2.75) is 6.42 Å². The molecular formula is C18H28N2O5. The van der Waals surface area contributed by atoms with Gasteiger partial charge in [0.05, 0.1) is 34.0 Å². The van der Waals surface area contributed by atoms with Crippen LogP contribution in [0.4, 0.5) is 0 Å². The molecule has 0 atom stereocenters. The van der Waals surface area contributed by atoms with Crippen LogP contribution in [0.2, 0.25) is 0 Å². The predicted molar refractivity (Wildman–Crippen MR) is 94.9 cm³/mol. The molecule has 0 N–H and O–H groups in total. The maximum atomic E-state index is 12.7. The Hall–Kier alpha value is -1.99. The molecule has 1 aliphatic heterocycles. The molecule has 7 heteroatoms. The van der Waals surface area contributed by atoms with E-state index in [1.807, 2.05) is 14.1 Å². The van der Waals surface area contributed by atoms with Crippen LogP contribution >= 0.6 is 0 Å². The molecule has 0 unspecified atom stereocenters. The van der Waals surface area contributed by atoms with Crippen LogP contribution in [0.5, 0.6) is 17.2 Å². The van der Waals surface area contributed by atoms with Gasteiger partial charge in [0.1, 0.15) is 0 Å². The minimum atomic E-state index is -0.0564. The predicted octanol–water partition coefficient (Wildman–Crippen LogP) is 1.51. The average Bonchev–Trinajstić information content (AvgIpc) is 2.64. The van der Waals surface area contributed by atoms with Crippen LogP contribution in [0.15, 0.2) is 12.1 Å². The zero-order valence-electron chi connectivity index (χ0n) is 15.5. The summed E-state index contributed by atoms with van der Waals surface area (Å²) in [6.07, 6.45) is 0.883. The number of rotatable bonds is 8. The Kier molecular flexibility index (Phi) is 7.33. The van der Waals surface area contributed by atoms with Gasteiger partial charge in [-0.15, -0.1) is 0 Å². The number of nitrogens with zero attached hydrogens (tertiary/aromatic N) is 2. The first-order valence-corrected chi connectivity index (χ1v) is 8.47. The fourth-order valence-electron chi connectivity index (χ4n) is 2.65. The van der Waals surface area contributed by atoms with E-state index in [-0.39, 0.29) is 5.91 Å². The number of benzene rings is 1. The highest BCUT2D eigenvalue weighted by molar-refractivity contribution is 5.95. The number of hydrogen-bond donors (Lipinski definition) is 0. The highest BCUT2D eigenvalue weighted by atomic mass is 16.5. The molecule has 0 saturated carbocycles. The van der Waals surface area contributed by atoms with E-state index in [1.165, 1.54) is 0 Å². The summed E-state index contributed by atoms with van der Waals surface area (Å²) >= 11 is 0. The smallest absolute Gasteiger partial charge is 0.254 e. The first-order valence-electron chi connectivity index (χ1n) is 8.47. The van der Waals surface area contributed by atoms with Crippen LogP contribution in [-0.2, 0) is 4.74 Å². The van der Waals surface area contributed by atoms with Crippen molar-refractivity contribution in [3.63, 3.8) is 0 Å². The second kappa shape index (κ2) is 9.48. The summed E-state index contributed by atoms with van der Waals surface area (Å²) < 4.78 is 22.0. The van der Waals surface area contributed by atoms with Crippen molar-refractivity contribution in [2.75, 3.05) is 67.8 Å². The molecule has 0 aliphatic carbocycles. The molecule has 25 heavy (non-hydrogen) atoms. The van der Waals surface area contributed by atoms with Gasteiger partial charge in [0.25, 0.3) is 5.91 Å². The standard InChI is InChI=1S/C18H28N2O5/c1-19(2)6-5-9-25-17-15(22-3)12-14(13-16(17)23-4)18(21)20-7-10-24-11-8-20/h12-13H,5-11H2,1-4H3. The van der Waals surface area contributed by atoms with Crippen molar-refractivity contribution in [1.29, 1.82) is 0 Å². The lowest BCUT2D eigenvalue weighted by atomic mass is 10.1. The third-order valence-electron chi connectivity index (χ3n) is 4.00. The summed E-state index contributed by atoms with van der Waals surface area (Å²) in [6.45, 7) is 3.78. The van der Waals surface area contributed by atoms with E-state index in [4.69, 9.17) is 18.9 Å². The van der Waals surface area contributed by atoms with Gasteiger partial charge in [-0.05, 0) is 32.6 Å². The second-order valence-electron chi connectivity index (χ2n) is 6.12. The molecule has 1 heterocycles. The Morgan fingerprint density at radius 3 is 2.28 bits per heavy atom. The average molecular weight is 352 g/mol. The third kappa shape index (κ3) is 5.24. The first kappa shape index (κ1) is 19.3. The third-order valence-corrected chi connectivity index (χ3v) is 4.00. The number of methoxy groups -OCH3 is 2. The molecule has 140 valence electrons. The Balaban J connectivity index is 2.16. The molecule has 1 aromatic carbocycles. The van der Waals surface area contributed by atoms with Gasteiger partial charge in [-0.3, -0.25) is 4.79 Å². The summed E-state index contributed by atoms with van der Waals surface area (Å²) in [4.78, 5) is 16.6. The van der Waals surface area contributed by atoms with Gasteiger partial charge in [-0.1, -0.05) is 0 Å². The van der Waals surface area contributed by atoms with Crippen LogP contribution in [0.1, 0.15) is 16.8 Å². The van der Waals surface area contributed by atoms with E-state index in [1.54, 1.807) is 31.3 Å². The van der Waals surface area contributed by atoms with E-state index in [0.29, 0.717) is 55.7 Å². The summed E-state index contributed by atoms with van der Waals surface area (Å²) in [5.74, 6) is 1.47. The molecule has 1 amide bonds. The quantitative estimate of drug-likeness (QED) is 0.661. The molecule has 1 fully saturated rings. The van der Waals surface area contributed by atoms with Gasteiger partial charge in [0, 0.05) is 25.2 Å². The fraction of sp³-hybridized carbons (Fsp3) is 0.611. The minimum Gasteiger partial charge on any atom is -0.493 e. The van der Waals surface area contributed by atoms with Crippen LogP contribution in [0, 0.1) is 0 Å². The van der Waals surface area contributed by atoms with E-state index in [9.17, 15) is 4.79 Å². The lowest BCUT2D eigenvalue weighted by molar-refractivity contribution is 0.0302. The monoisotopic (exact) mass is 352 g/mol. The number of morpholine rings is 1. The summed E-state index contributed by atoms with van der Waals surface area (Å²) in [7, 11) is 7.16. The Morgan fingerprint density at radius 2 is 1.76 bits per heavy atom. The zero-order valence-corrected chi connectivity index (χ0v) is 15.5. The van der Waals surface area contributed by atoms with Crippen molar-refractivity contribution in [3.05, 3.63) is 17.7 Å². The number of amides is 1. The molecule has 1 aromatic rings. The summed E-state index contributed by atoms with van der Waals surface area (Å²) in [5.41, 5.74) is 0.524. The van der Waals surface area contributed by atoms with Gasteiger partial charge in [0.15, 0.2) is 11.5 Å². The molecule has 1 aliphatic rings. The fourth-order valence-corrected chi connectivity index (χ4v) is 2.65. The molecular weight excluding hydrogens is 324 g/mol. The molecule has 0 aromatic heterocycles. The zero-order chi connectivity index (χ0) is 18.2. The SMILES string of the molecule is COc1cc(C(=O)N2CCOCC2)cc(OC)c1OCCCN(C)C. The minimum absolute atomic E-state index is 0.0564. The Bertz CT molecular complexity index is 546. The van der Waals surface area contributed by atoms with Crippen molar-refractivity contribution in [1.82, 2.24) is 9.80 Å². The van der Waals surface area contributed by atoms with Crippen molar-refractivity contribution in [3.8, 4) is 17.2 Å². The molecule has 1 saturated heterocycles. The van der Waals surface area contributed by atoms with E-state index < -0.39 is 0 Å². The second-order valence-corrected chi connectivity index (χ2v) is 6.12. The van der Waals surface area contributed by atoms with Crippen LogP contribution in [0.3, 0.4) is 0 Å². The van der Waals surface area contributed by atoms with Gasteiger partial charge >= 0.3 is 0 Å². The highest BCUT2D eigenvalue weighted by Crippen LogP contribution is 2.39. The summed E-state index contributed by atoms with van der Waals surface area (Å²) in [5, 5.41) is 0. The van der Waals surface area contributed by atoms with Gasteiger partial charge in [-0.25, -0.2) is 0 Å². The topological polar surface area (TPSA) is 60.5 Å². The van der Waals surface area contributed by atoms with Gasteiger partial charge in [0.2, 0.25) is 5.75 Å². The number of carbonyl (C=O) groups is 1. The van der Waals surface area contributed by atoms with E-state index >= 15 is 0 Å². The van der Waals surface area contributed by atoms with Crippen LogP contribution in [0.25, 0.3) is 0 Å². The maximum Gasteiger partial charge on any atom is 0.254 e. The van der Waals surface area contributed by atoms with Gasteiger partial charge < -0.3 is 28.7 Å². The molecule has 7 nitrogen and oxygen atoms in total. The van der Waals surface area contributed by atoms with Crippen LogP contribution in [-0.4, -0.2) is 83.5 Å². The van der Waals surface area contributed by atoms with E-state index in [0.717, 1.165) is 13.0 Å². The lowest BCUT2D eigenvalue weighted by Gasteiger charge is -2.27. The Labute approximate surface area is 149 Å². The normalized spacial score (nSPS) is 14.5. The van der Waals surface area contributed by atoms with Crippen LogP contribution < -0.4 is 14.2 Å². The number of carbonyl (C=O) groups excluding carboxylic acids is 1. The highest BCUT2D eigenvalue weighted by Gasteiger charge is 2.22. The largest absolute Gasteiger partial charge is 0.493 e. The number of hydrogen-bond acceptors (Lipinski definition) is 6. The van der Waals surface area contributed by atoms with Crippen molar-refractivity contribution < 1.29 is 23.7 Å². The molecule has 0 radical (unpaired) electrons.